The van der Waals surface area contributed by atoms with Gasteiger partial charge in [0.15, 0.2) is 0 Å². The van der Waals surface area contributed by atoms with Gasteiger partial charge in [-0.3, -0.25) is 9.69 Å². The fraction of sp³-hybridized carbons (Fsp3) is 0.300. The first-order valence-corrected chi connectivity index (χ1v) is 9.51. The van der Waals surface area contributed by atoms with Crippen molar-refractivity contribution in [1.29, 1.82) is 0 Å². The Labute approximate surface area is 157 Å². The number of thiophene rings is 1. The monoisotopic (exact) mass is 369 g/mol. The molecule has 1 amide bonds. The van der Waals surface area contributed by atoms with Crippen molar-refractivity contribution in [3.05, 3.63) is 58.8 Å². The van der Waals surface area contributed by atoms with Crippen molar-refractivity contribution in [3.63, 3.8) is 0 Å². The number of carbonyl (C=O) groups is 1. The molecular formula is C20H23N3O2S. The summed E-state index contributed by atoms with van der Waals surface area (Å²) in [6, 6.07) is 11.9. The molecule has 6 heteroatoms. The van der Waals surface area contributed by atoms with Crippen LogP contribution >= 0.6 is 11.3 Å². The van der Waals surface area contributed by atoms with Crippen molar-refractivity contribution in [2.24, 2.45) is 0 Å². The van der Waals surface area contributed by atoms with Crippen molar-refractivity contribution < 1.29 is 9.21 Å². The first-order chi connectivity index (χ1) is 12.6. The standard InChI is InChI=1S/C20H23N3O2S/c1-4-15-8-5-6-9-16(15)21-19(24)13-23(3)12-17-14(2)25-20(22-17)18-10-7-11-26-18/h5-11H,4,12-13H2,1-3H3,(H,21,24). The Morgan fingerprint density at radius 2 is 2.08 bits per heavy atom. The van der Waals surface area contributed by atoms with Gasteiger partial charge in [-0.1, -0.05) is 31.2 Å². The molecule has 5 nitrogen and oxygen atoms in total. The predicted octanol–water partition coefficient (Wildman–Crippen LogP) is 4.34. The summed E-state index contributed by atoms with van der Waals surface area (Å²) < 4.78 is 5.76. The number of hydrogen-bond donors (Lipinski definition) is 1. The number of benzene rings is 1. The highest BCUT2D eigenvalue weighted by atomic mass is 32.1. The van der Waals surface area contributed by atoms with Gasteiger partial charge in [0.2, 0.25) is 11.8 Å². The molecule has 136 valence electrons. The van der Waals surface area contributed by atoms with Gasteiger partial charge in [-0.2, -0.15) is 0 Å². The number of nitrogens with one attached hydrogen (secondary N) is 1. The lowest BCUT2D eigenvalue weighted by Crippen LogP contribution is -2.30. The van der Waals surface area contributed by atoms with Crippen LogP contribution in [0.3, 0.4) is 0 Å². The maximum atomic E-state index is 12.4. The summed E-state index contributed by atoms with van der Waals surface area (Å²) in [5.74, 6) is 1.40. The molecule has 0 aliphatic rings. The van der Waals surface area contributed by atoms with E-state index >= 15 is 0 Å². The second-order valence-corrected chi connectivity index (χ2v) is 7.18. The van der Waals surface area contributed by atoms with Crippen LogP contribution in [0.1, 0.15) is 23.9 Å². The zero-order valence-electron chi connectivity index (χ0n) is 15.3. The highest BCUT2D eigenvalue weighted by Gasteiger charge is 2.15. The molecule has 0 aliphatic heterocycles. The van der Waals surface area contributed by atoms with Crippen molar-refractivity contribution in [2.75, 3.05) is 18.9 Å². The molecule has 3 aromatic rings. The Hall–Kier alpha value is -2.44. The van der Waals surface area contributed by atoms with Crippen LogP contribution in [0.5, 0.6) is 0 Å². The molecule has 3 rings (SSSR count). The van der Waals surface area contributed by atoms with Crippen molar-refractivity contribution >= 4 is 22.9 Å². The Morgan fingerprint density at radius 1 is 1.27 bits per heavy atom. The average molecular weight is 369 g/mol. The van der Waals surface area contributed by atoms with E-state index in [-0.39, 0.29) is 5.91 Å². The van der Waals surface area contributed by atoms with Crippen LogP contribution in [-0.4, -0.2) is 29.4 Å². The SMILES string of the molecule is CCc1ccccc1NC(=O)CN(C)Cc1nc(-c2cccs2)oc1C. The molecule has 0 spiro atoms. The number of nitrogens with zero attached hydrogens (tertiary/aromatic N) is 2. The van der Waals surface area contributed by atoms with Gasteiger partial charge in [0.05, 0.1) is 17.1 Å². The third-order valence-corrected chi connectivity index (χ3v) is 4.99. The number of carbonyl (C=O) groups excluding carboxylic acids is 1. The largest absolute Gasteiger partial charge is 0.440 e. The summed E-state index contributed by atoms with van der Waals surface area (Å²) in [5.41, 5.74) is 2.88. The number of amides is 1. The lowest BCUT2D eigenvalue weighted by molar-refractivity contribution is -0.117. The minimum Gasteiger partial charge on any atom is -0.440 e. The molecule has 2 heterocycles. The highest BCUT2D eigenvalue weighted by molar-refractivity contribution is 7.13. The van der Waals surface area contributed by atoms with Gasteiger partial charge >= 0.3 is 0 Å². The third kappa shape index (κ3) is 4.39. The minimum atomic E-state index is -0.0342. The van der Waals surface area contributed by atoms with E-state index in [0.717, 1.165) is 34.0 Å². The zero-order chi connectivity index (χ0) is 18.5. The number of para-hydroxylation sites is 1. The molecular weight excluding hydrogens is 346 g/mol. The number of aromatic nitrogens is 1. The van der Waals surface area contributed by atoms with Crippen LogP contribution < -0.4 is 5.32 Å². The number of rotatable bonds is 7. The van der Waals surface area contributed by atoms with E-state index in [9.17, 15) is 4.79 Å². The molecule has 0 atom stereocenters. The molecule has 1 N–H and O–H groups in total. The number of likely N-dealkylation sites (N-methyl/N-ethyl adjacent to an activating group) is 1. The first kappa shape index (κ1) is 18.4. The maximum Gasteiger partial charge on any atom is 0.238 e. The normalized spacial score (nSPS) is 11.1. The number of aryl methyl sites for hydroxylation is 2. The van der Waals surface area contributed by atoms with E-state index in [4.69, 9.17) is 4.42 Å². The van der Waals surface area contributed by atoms with Crippen LogP contribution in [-0.2, 0) is 17.8 Å². The van der Waals surface area contributed by atoms with Gasteiger partial charge in [0, 0.05) is 12.2 Å². The van der Waals surface area contributed by atoms with Crippen molar-refractivity contribution in [3.8, 4) is 10.8 Å². The Bertz CT molecular complexity index is 871. The van der Waals surface area contributed by atoms with E-state index in [1.165, 1.54) is 0 Å². The van der Waals surface area contributed by atoms with Gasteiger partial charge in [-0.15, -0.1) is 11.3 Å². The van der Waals surface area contributed by atoms with Gasteiger partial charge in [0.1, 0.15) is 5.76 Å². The second kappa shape index (κ2) is 8.29. The molecule has 0 aliphatic carbocycles. The Balaban J connectivity index is 1.60. The number of anilines is 1. The summed E-state index contributed by atoms with van der Waals surface area (Å²) in [6.07, 6.45) is 0.885. The molecule has 0 bridgehead atoms. The van der Waals surface area contributed by atoms with E-state index in [0.29, 0.717) is 19.0 Å². The summed E-state index contributed by atoms with van der Waals surface area (Å²) in [5, 5.41) is 5.00. The summed E-state index contributed by atoms with van der Waals surface area (Å²) in [7, 11) is 1.91. The van der Waals surface area contributed by atoms with E-state index in [1.807, 2.05) is 60.6 Å². The van der Waals surface area contributed by atoms with Crippen LogP contribution in [0.25, 0.3) is 10.8 Å². The number of oxazole rings is 1. The Kier molecular flexibility index (Phi) is 5.85. The van der Waals surface area contributed by atoms with Gasteiger partial charge in [0.25, 0.3) is 0 Å². The molecule has 0 unspecified atom stereocenters. The van der Waals surface area contributed by atoms with Crippen molar-refractivity contribution in [2.45, 2.75) is 26.8 Å². The molecule has 0 fully saturated rings. The highest BCUT2D eigenvalue weighted by Crippen LogP contribution is 2.26. The summed E-state index contributed by atoms with van der Waals surface area (Å²) in [4.78, 5) is 19.9. The topological polar surface area (TPSA) is 58.4 Å². The minimum absolute atomic E-state index is 0.0342. The van der Waals surface area contributed by atoms with Gasteiger partial charge in [-0.25, -0.2) is 4.98 Å². The van der Waals surface area contributed by atoms with E-state index in [1.54, 1.807) is 11.3 Å². The Morgan fingerprint density at radius 3 is 2.81 bits per heavy atom. The van der Waals surface area contributed by atoms with Crippen LogP contribution in [0, 0.1) is 6.92 Å². The van der Waals surface area contributed by atoms with Crippen LogP contribution in [0.2, 0.25) is 0 Å². The summed E-state index contributed by atoms with van der Waals surface area (Å²) in [6.45, 7) is 4.84. The van der Waals surface area contributed by atoms with Crippen LogP contribution in [0.15, 0.2) is 46.2 Å². The lowest BCUT2D eigenvalue weighted by Gasteiger charge is -2.16. The van der Waals surface area contributed by atoms with E-state index < -0.39 is 0 Å². The van der Waals surface area contributed by atoms with Crippen molar-refractivity contribution in [1.82, 2.24) is 9.88 Å². The summed E-state index contributed by atoms with van der Waals surface area (Å²) >= 11 is 1.60. The fourth-order valence-electron chi connectivity index (χ4n) is 2.78. The molecule has 1 aromatic carbocycles. The first-order valence-electron chi connectivity index (χ1n) is 8.63. The maximum absolute atomic E-state index is 12.4. The molecule has 0 saturated heterocycles. The molecule has 2 aromatic heterocycles. The molecule has 0 radical (unpaired) electrons. The van der Waals surface area contributed by atoms with Gasteiger partial charge < -0.3 is 9.73 Å². The third-order valence-electron chi connectivity index (χ3n) is 4.13. The van der Waals surface area contributed by atoms with Gasteiger partial charge in [-0.05, 0) is 43.5 Å². The quantitative estimate of drug-likeness (QED) is 0.673. The second-order valence-electron chi connectivity index (χ2n) is 6.23. The predicted molar refractivity (Wildman–Crippen MR) is 105 cm³/mol. The smallest absolute Gasteiger partial charge is 0.238 e. The zero-order valence-corrected chi connectivity index (χ0v) is 16.1. The average Bonchev–Trinajstić information content (AvgIpc) is 3.25. The fourth-order valence-corrected chi connectivity index (χ4v) is 3.43. The number of hydrogen-bond acceptors (Lipinski definition) is 5. The molecule has 26 heavy (non-hydrogen) atoms. The van der Waals surface area contributed by atoms with E-state index in [2.05, 4.69) is 17.2 Å². The molecule has 0 saturated carbocycles. The van der Waals surface area contributed by atoms with Crippen LogP contribution in [0.4, 0.5) is 5.69 Å². The lowest BCUT2D eigenvalue weighted by atomic mass is 10.1.